The van der Waals surface area contributed by atoms with Gasteiger partial charge in [-0.25, -0.2) is 0 Å². The Labute approximate surface area is 120 Å². The van der Waals surface area contributed by atoms with E-state index in [2.05, 4.69) is 55.0 Å². The first kappa shape index (κ1) is 13.0. The molecule has 0 saturated carbocycles. The molecule has 0 saturated heterocycles. The van der Waals surface area contributed by atoms with Crippen molar-refractivity contribution in [2.45, 2.75) is 38.6 Å². The Morgan fingerprint density at radius 1 is 1.30 bits per heavy atom. The van der Waals surface area contributed by atoms with Crippen LogP contribution in [0.3, 0.4) is 0 Å². The maximum absolute atomic E-state index is 4.18. The number of H-pyrrole nitrogens is 1. The van der Waals surface area contributed by atoms with E-state index in [0.717, 1.165) is 24.1 Å². The number of aromatic nitrogens is 1. The highest BCUT2D eigenvalue weighted by molar-refractivity contribution is 5.64. The van der Waals surface area contributed by atoms with Crippen LogP contribution in [0.15, 0.2) is 43.1 Å². The molecule has 0 radical (unpaired) electrons. The summed E-state index contributed by atoms with van der Waals surface area (Å²) in [5, 5.41) is 3.62. The zero-order chi connectivity index (χ0) is 14.2. The van der Waals surface area contributed by atoms with Crippen molar-refractivity contribution >= 4 is 11.3 Å². The molecule has 0 fully saturated rings. The first-order chi connectivity index (χ1) is 9.53. The molecule has 2 heteroatoms. The third kappa shape index (κ3) is 2.64. The summed E-state index contributed by atoms with van der Waals surface area (Å²) in [6, 6.07) is 10.8. The largest absolute Gasteiger partial charge is 0.380 e. The number of hydrogen-bond donors (Lipinski definition) is 2. The highest BCUT2D eigenvalue weighted by Crippen LogP contribution is 2.31. The van der Waals surface area contributed by atoms with Gasteiger partial charge in [0, 0.05) is 23.1 Å². The van der Waals surface area contributed by atoms with E-state index in [9.17, 15) is 0 Å². The highest BCUT2D eigenvalue weighted by atomic mass is 15.0. The van der Waals surface area contributed by atoms with Gasteiger partial charge in [0.25, 0.3) is 0 Å². The van der Waals surface area contributed by atoms with E-state index in [1.165, 1.54) is 23.2 Å². The summed E-state index contributed by atoms with van der Waals surface area (Å²) in [5.74, 6) is 0. The predicted molar refractivity (Wildman–Crippen MR) is 86.0 cm³/mol. The van der Waals surface area contributed by atoms with Gasteiger partial charge >= 0.3 is 0 Å². The minimum Gasteiger partial charge on any atom is -0.380 e. The van der Waals surface area contributed by atoms with Crippen LogP contribution in [0.25, 0.3) is 5.57 Å². The van der Waals surface area contributed by atoms with Crippen molar-refractivity contribution in [2.75, 3.05) is 5.32 Å². The summed E-state index contributed by atoms with van der Waals surface area (Å²) in [4.78, 5) is 3.22. The lowest BCUT2D eigenvalue weighted by Gasteiger charge is -2.34. The Morgan fingerprint density at radius 3 is 2.90 bits per heavy atom. The van der Waals surface area contributed by atoms with Crippen LogP contribution < -0.4 is 5.32 Å². The molecule has 0 bridgehead atoms. The maximum atomic E-state index is 4.18. The van der Waals surface area contributed by atoms with Gasteiger partial charge in [0.1, 0.15) is 0 Å². The van der Waals surface area contributed by atoms with Crippen LogP contribution in [-0.2, 0) is 12.8 Å². The number of allylic oxidation sites excluding steroid dienone is 1. The molecule has 2 heterocycles. The third-order valence-corrected chi connectivity index (χ3v) is 4.06. The number of fused-ring (bicyclic) bond motifs is 1. The molecule has 0 spiro atoms. The molecule has 2 N–H and O–H groups in total. The highest BCUT2D eigenvalue weighted by Gasteiger charge is 2.23. The van der Waals surface area contributed by atoms with Crippen molar-refractivity contribution in [1.29, 1.82) is 0 Å². The van der Waals surface area contributed by atoms with E-state index < -0.39 is 0 Å². The SMILES string of the molecule is C=C(Cc1ccc2c(c1)CCC(C)(C)N2)c1ccc[nH]1. The molecule has 3 rings (SSSR count). The lowest BCUT2D eigenvalue weighted by atomic mass is 9.88. The Bertz CT molecular complexity index is 621. The van der Waals surface area contributed by atoms with Gasteiger partial charge in [0.15, 0.2) is 0 Å². The number of aromatic amines is 1. The third-order valence-electron chi connectivity index (χ3n) is 4.06. The molecule has 0 atom stereocenters. The van der Waals surface area contributed by atoms with Gasteiger partial charge in [-0.2, -0.15) is 0 Å². The quantitative estimate of drug-likeness (QED) is 0.846. The molecule has 0 unspecified atom stereocenters. The van der Waals surface area contributed by atoms with Gasteiger partial charge in [-0.05, 0) is 68.0 Å². The fraction of sp³-hybridized carbons (Fsp3) is 0.333. The minimum atomic E-state index is 0.211. The molecule has 2 aromatic rings. The first-order valence-electron chi connectivity index (χ1n) is 7.25. The van der Waals surface area contributed by atoms with Crippen LogP contribution in [0.1, 0.15) is 37.1 Å². The molecule has 1 aromatic heterocycles. The van der Waals surface area contributed by atoms with Crippen LogP contribution in [0.2, 0.25) is 0 Å². The van der Waals surface area contributed by atoms with E-state index in [1.54, 1.807) is 0 Å². The summed E-state index contributed by atoms with van der Waals surface area (Å²) in [6.07, 6.45) is 5.18. The van der Waals surface area contributed by atoms with Crippen molar-refractivity contribution in [1.82, 2.24) is 4.98 Å². The van der Waals surface area contributed by atoms with Crippen molar-refractivity contribution in [3.63, 3.8) is 0 Å². The zero-order valence-corrected chi connectivity index (χ0v) is 12.3. The number of aryl methyl sites for hydroxylation is 1. The Hall–Kier alpha value is -1.96. The van der Waals surface area contributed by atoms with Crippen molar-refractivity contribution in [2.24, 2.45) is 0 Å². The normalized spacial score (nSPS) is 16.3. The summed E-state index contributed by atoms with van der Waals surface area (Å²) < 4.78 is 0. The van der Waals surface area contributed by atoms with Crippen molar-refractivity contribution < 1.29 is 0 Å². The second-order valence-corrected chi connectivity index (χ2v) is 6.36. The molecule has 1 aliphatic rings. The summed E-state index contributed by atoms with van der Waals surface area (Å²) in [6.45, 7) is 8.70. The van der Waals surface area contributed by atoms with Gasteiger partial charge in [-0.3, -0.25) is 0 Å². The summed E-state index contributed by atoms with van der Waals surface area (Å²) >= 11 is 0. The Balaban J connectivity index is 1.78. The smallest absolute Gasteiger partial charge is 0.0410 e. The molecule has 0 aliphatic carbocycles. The van der Waals surface area contributed by atoms with Gasteiger partial charge in [-0.15, -0.1) is 0 Å². The van der Waals surface area contributed by atoms with E-state index >= 15 is 0 Å². The number of rotatable bonds is 3. The van der Waals surface area contributed by atoms with Crippen LogP contribution >= 0.6 is 0 Å². The molecule has 104 valence electrons. The molecule has 0 amide bonds. The van der Waals surface area contributed by atoms with Crippen LogP contribution in [0.4, 0.5) is 5.69 Å². The molecule has 20 heavy (non-hydrogen) atoms. The first-order valence-corrected chi connectivity index (χ1v) is 7.25. The number of nitrogens with one attached hydrogen (secondary N) is 2. The summed E-state index contributed by atoms with van der Waals surface area (Å²) in [7, 11) is 0. The second kappa shape index (κ2) is 4.86. The second-order valence-electron chi connectivity index (χ2n) is 6.36. The van der Waals surface area contributed by atoms with E-state index in [4.69, 9.17) is 0 Å². The lowest BCUT2D eigenvalue weighted by Crippen LogP contribution is -2.35. The van der Waals surface area contributed by atoms with Gasteiger partial charge < -0.3 is 10.3 Å². The van der Waals surface area contributed by atoms with Gasteiger partial charge in [0.05, 0.1) is 0 Å². The number of anilines is 1. The van der Waals surface area contributed by atoms with Crippen molar-refractivity contribution in [3.8, 4) is 0 Å². The lowest BCUT2D eigenvalue weighted by molar-refractivity contribution is 0.502. The standard InChI is InChI=1S/C18H22N2/c1-13(16-5-4-10-19-16)11-14-6-7-17-15(12-14)8-9-18(2,3)20-17/h4-7,10,12,19-20H,1,8-9,11H2,2-3H3. The monoisotopic (exact) mass is 266 g/mol. The molecular formula is C18H22N2. The fourth-order valence-electron chi connectivity index (χ4n) is 2.85. The molecular weight excluding hydrogens is 244 g/mol. The topological polar surface area (TPSA) is 27.8 Å². The zero-order valence-electron chi connectivity index (χ0n) is 12.3. The molecule has 2 nitrogen and oxygen atoms in total. The number of benzene rings is 1. The molecule has 1 aliphatic heterocycles. The molecule has 1 aromatic carbocycles. The average Bonchev–Trinajstić information content (AvgIpc) is 2.92. The van der Waals surface area contributed by atoms with Crippen LogP contribution in [0, 0.1) is 0 Å². The summed E-state index contributed by atoms with van der Waals surface area (Å²) in [5.41, 5.74) is 6.53. The van der Waals surface area contributed by atoms with E-state index in [1.807, 2.05) is 12.3 Å². The van der Waals surface area contributed by atoms with E-state index in [-0.39, 0.29) is 5.54 Å². The van der Waals surface area contributed by atoms with E-state index in [0.29, 0.717) is 0 Å². The Kier molecular flexibility index (Phi) is 3.17. The van der Waals surface area contributed by atoms with Gasteiger partial charge in [0.2, 0.25) is 0 Å². The van der Waals surface area contributed by atoms with Crippen molar-refractivity contribution in [3.05, 3.63) is 59.9 Å². The fourth-order valence-corrected chi connectivity index (χ4v) is 2.85. The number of hydrogen-bond acceptors (Lipinski definition) is 1. The van der Waals surface area contributed by atoms with Crippen LogP contribution in [0.5, 0.6) is 0 Å². The average molecular weight is 266 g/mol. The van der Waals surface area contributed by atoms with Crippen LogP contribution in [-0.4, -0.2) is 10.5 Å². The minimum absolute atomic E-state index is 0.211. The predicted octanol–water partition coefficient (Wildman–Crippen LogP) is 4.41. The Morgan fingerprint density at radius 2 is 2.15 bits per heavy atom. The van der Waals surface area contributed by atoms with Gasteiger partial charge in [-0.1, -0.05) is 18.7 Å². The maximum Gasteiger partial charge on any atom is 0.0410 e.